The maximum Gasteiger partial charge on any atom is 0.253 e. The van der Waals surface area contributed by atoms with E-state index in [1.807, 2.05) is 46.2 Å². The van der Waals surface area contributed by atoms with Gasteiger partial charge in [-0.25, -0.2) is 0 Å². The van der Waals surface area contributed by atoms with E-state index in [1.54, 1.807) is 0 Å². The van der Waals surface area contributed by atoms with Crippen molar-refractivity contribution in [3.8, 4) is 16.9 Å². The van der Waals surface area contributed by atoms with Gasteiger partial charge in [-0.15, -0.1) is 0 Å². The highest BCUT2D eigenvalue weighted by Gasteiger charge is 2.43. The number of hydrogen-bond acceptors (Lipinski definition) is 5. The van der Waals surface area contributed by atoms with Gasteiger partial charge >= 0.3 is 0 Å². The molecule has 0 bridgehead atoms. The third-order valence-electron chi connectivity index (χ3n) is 6.46. The molecule has 2 heterocycles. The average molecular weight is 406 g/mol. The second kappa shape index (κ2) is 7.32. The van der Waals surface area contributed by atoms with E-state index >= 15 is 0 Å². The molecule has 3 aliphatic rings. The lowest BCUT2D eigenvalue weighted by atomic mass is 9.76. The number of piperazine rings is 1. The van der Waals surface area contributed by atoms with E-state index < -0.39 is 5.54 Å². The quantitative estimate of drug-likeness (QED) is 0.817. The number of hydrogen-bond donors (Lipinski definition) is 2. The van der Waals surface area contributed by atoms with Crippen molar-refractivity contribution in [3.05, 3.63) is 48.0 Å². The van der Waals surface area contributed by atoms with Crippen LogP contribution in [0, 0.1) is 0 Å². The fourth-order valence-corrected chi connectivity index (χ4v) is 4.35. The molecule has 0 aromatic heterocycles. The Balaban J connectivity index is 1.22. The molecule has 7 heteroatoms. The highest BCUT2D eigenvalue weighted by atomic mass is 16.5. The van der Waals surface area contributed by atoms with Gasteiger partial charge in [-0.05, 0) is 54.7 Å². The summed E-state index contributed by atoms with van der Waals surface area (Å²) in [6, 6.07) is 13.7. The lowest BCUT2D eigenvalue weighted by molar-refractivity contribution is -0.141. The Kier molecular flexibility index (Phi) is 4.62. The maximum atomic E-state index is 12.9. The normalized spacial score (nSPS) is 19.4. The predicted octanol–water partition coefficient (Wildman–Crippen LogP) is 2.28. The molecular weight excluding hydrogens is 380 g/mol. The lowest BCUT2D eigenvalue weighted by Crippen LogP contribution is -2.62. The van der Waals surface area contributed by atoms with Crippen LogP contribution >= 0.6 is 0 Å². The highest BCUT2D eigenvalue weighted by molar-refractivity contribution is 5.95. The van der Waals surface area contributed by atoms with Crippen LogP contribution in [0.4, 0.5) is 5.69 Å². The molecule has 2 fully saturated rings. The summed E-state index contributed by atoms with van der Waals surface area (Å²) in [6.45, 7) is 2.67. The summed E-state index contributed by atoms with van der Waals surface area (Å²) in [5.74, 6) is 0.907. The van der Waals surface area contributed by atoms with Crippen LogP contribution in [-0.4, -0.2) is 60.1 Å². The summed E-state index contributed by atoms with van der Waals surface area (Å²) in [6.07, 6.45) is 2.56. The minimum absolute atomic E-state index is 0.00350. The molecule has 156 valence electrons. The molecule has 0 unspecified atom stereocenters. The van der Waals surface area contributed by atoms with Crippen molar-refractivity contribution < 1.29 is 14.3 Å². The molecular formula is C23H26N4O3. The highest BCUT2D eigenvalue weighted by Crippen LogP contribution is 2.34. The van der Waals surface area contributed by atoms with Crippen molar-refractivity contribution in [2.75, 3.05) is 38.2 Å². The van der Waals surface area contributed by atoms with Gasteiger partial charge in [0.05, 0.1) is 11.2 Å². The fourth-order valence-electron chi connectivity index (χ4n) is 4.35. The third kappa shape index (κ3) is 3.29. The second-order valence-electron chi connectivity index (χ2n) is 8.35. The number of anilines is 1. The smallest absolute Gasteiger partial charge is 0.253 e. The van der Waals surface area contributed by atoms with E-state index in [2.05, 4.69) is 11.4 Å². The molecule has 5 rings (SSSR count). The van der Waals surface area contributed by atoms with Crippen molar-refractivity contribution in [3.63, 3.8) is 0 Å². The number of carbonyl (C=O) groups is 2. The van der Waals surface area contributed by atoms with E-state index in [9.17, 15) is 9.59 Å². The largest absolute Gasteiger partial charge is 0.471 e. The van der Waals surface area contributed by atoms with Gasteiger partial charge in [0.2, 0.25) is 5.91 Å². The molecule has 0 radical (unpaired) electrons. The van der Waals surface area contributed by atoms with Crippen molar-refractivity contribution in [2.24, 2.45) is 5.73 Å². The minimum atomic E-state index is -0.665. The summed E-state index contributed by atoms with van der Waals surface area (Å²) < 4.78 is 5.46. The standard InChI is InChI=1S/C23H26N4O3/c24-23(8-1-9-23)22(29)27-12-10-26(11-13-27)21(28)17-4-2-16(3-5-17)18-6-7-20-19(14-18)25-15-30-20/h2-7,14,25H,1,8-13,15,24H2. The van der Waals surface area contributed by atoms with Crippen molar-refractivity contribution >= 4 is 17.5 Å². The molecule has 1 saturated heterocycles. The number of amides is 2. The molecule has 0 atom stereocenters. The Bertz CT molecular complexity index is 976. The Hall–Kier alpha value is -3.06. The van der Waals surface area contributed by atoms with Crippen molar-refractivity contribution in [2.45, 2.75) is 24.8 Å². The zero-order valence-electron chi connectivity index (χ0n) is 16.9. The van der Waals surface area contributed by atoms with Crippen LogP contribution in [0.15, 0.2) is 42.5 Å². The first kappa shape index (κ1) is 18.9. The van der Waals surface area contributed by atoms with Gasteiger partial charge in [0.25, 0.3) is 5.91 Å². The number of carbonyl (C=O) groups excluding carboxylic acids is 2. The number of rotatable bonds is 3. The maximum absolute atomic E-state index is 12.9. The summed E-state index contributed by atoms with van der Waals surface area (Å²) >= 11 is 0. The summed E-state index contributed by atoms with van der Waals surface area (Å²) in [5.41, 5.74) is 9.28. The Labute approximate surface area is 175 Å². The lowest BCUT2D eigenvalue weighted by Gasteiger charge is -2.43. The number of benzene rings is 2. The van der Waals surface area contributed by atoms with Crippen LogP contribution in [0.25, 0.3) is 11.1 Å². The average Bonchev–Trinajstić information content (AvgIpc) is 3.24. The number of nitrogens with one attached hydrogen (secondary N) is 1. The molecule has 2 aliphatic heterocycles. The van der Waals surface area contributed by atoms with E-state index in [0.717, 1.165) is 41.8 Å². The zero-order valence-corrected chi connectivity index (χ0v) is 16.9. The van der Waals surface area contributed by atoms with Crippen LogP contribution in [0.2, 0.25) is 0 Å². The van der Waals surface area contributed by atoms with E-state index in [1.165, 1.54) is 0 Å². The Morgan fingerprint density at radius 1 is 0.933 bits per heavy atom. The van der Waals surface area contributed by atoms with Gasteiger partial charge in [-0.3, -0.25) is 9.59 Å². The van der Waals surface area contributed by atoms with Crippen LogP contribution in [0.5, 0.6) is 5.75 Å². The van der Waals surface area contributed by atoms with Gasteiger partial charge in [0.1, 0.15) is 5.75 Å². The van der Waals surface area contributed by atoms with Crippen LogP contribution in [-0.2, 0) is 4.79 Å². The first-order valence-electron chi connectivity index (χ1n) is 10.5. The van der Waals surface area contributed by atoms with Gasteiger partial charge in [-0.2, -0.15) is 0 Å². The SMILES string of the molecule is NC1(C(=O)N2CCN(C(=O)c3ccc(-c4ccc5c(c4)NCO5)cc3)CC2)CCC1. The monoisotopic (exact) mass is 406 g/mol. The zero-order chi connectivity index (χ0) is 20.7. The summed E-state index contributed by atoms with van der Waals surface area (Å²) in [7, 11) is 0. The van der Waals surface area contributed by atoms with Gasteiger partial charge in [0.15, 0.2) is 6.73 Å². The molecule has 2 aromatic carbocycles. The summed E-state index contributed by atoms with van der Waals surface area (Å²) in [4.78, 5) is 29.1. The van der Waals surface area contributed by atoms with E-state index in [0.29, 0.717) is 38.5 Å². The summed E-state index contributed by atoms with van der Waals surface area (Å²) in [5, 5.41) is 3.19. The number of nitrogens with two attached hydrogens (primary N) is 1. The Morgan fingerprint density at radius 2 is 1.60 bits per heavy atom. The first-order valence-corrected chi connectivity index (χ1v) is 10.5. The van der Waals surface area contributed by atoms with E-state index in [4.69, 9.17) is 10.5 Å². The molecule has 2 amide bonds. The molecule has 3 N–H and O–H groups in total. The molecule has 2 aromatic rings. The fraction of sp³-hybridized carbons (Fsp3) is 0.391. The first-order chi connectivity index (χ1) is 14.5. The topological polar surface area (TPSA) is 87.9 Å². The molecule has 1 saturated carbocycles. The molecule has 30 heavy (non-hydrogen) atoms. The third-order valence-corrected chi connectivity index (χ3v) is 6.46. The van der Waals surface area contributed by atoms with E-state index in [-0.39, 0.29) is 11.8 Å². The molecule has 1 aliphatic carbocycles. The van der Waals surface area contributed by atoms with Crippen LogP contribution < -0.4 is 15.8 Å². The van der Waals surface area contributed by atoms with Crippen molar-refractivity contribution in [1.82, 2.24) is 9.80 Å². The van der Waals surface area contributed by atoms with Crippen molar-refractivity contribution in [1.29, 1.82) is 0 Å². The van der Waals surface area contributed by atoms with Crippen LogP contribution in [0.3, 0.4) is 0 Å². The Morgan fingerprint density at radius 3 is 2.27 bits per heavy atom. The second-order valence-corrected chi connectivity index (χ2v) is 8.35. The number of nitrogens with zero attached hydrogens (tertiary/aromatic N) is 2. The molecule has 0 spiro atoms. The van der Waals surface area contributed by atoms with Gasteiger partial charge in [-0.1, -0.05) is 18.2 Å². The van der Waals surface area contributed by atoms with Gasteiger partial charge < -0.3 is 25.6 Å². The van der Waals surface area contributed by atoms with Crippen LogP contribution in [0.1, 0.15) is 29.6 Å². The predicted molar refractivity (Wildman–Crippen MR) is 114 cm³/mol. The molecule has 7 nitrogen and oxygen atoms in total. The number of ether oxygens (including phenoxy) is 1. The number of fused-ring (bicyclic) bond motifs is 1. The van der Waals surface area contributed by atoms with Gasteiger partial charge in [0, 0.05) is 31.7 Å². The minimum Gasteiger partial charge on any atom is -0.471 e.